The lowest BCUT2D eigenvalue weighted by Gasteiger charge is -2.37. The van der Waals surface area contributed by atoms with Crippen LogP contribution < -0.4 is 4.74 Å². The van der Waals surface area contributed by atoms with Crippen molar-refractivity contribution in [3.63, 3.8) is 0 Å². The third kappa shape index (κ3) is 4.75. The van der Waals surface area contributed by atoms with E-state index in [1.54, 1.807) is 7.11 Å². The normalized spacial score (nSPS) is 22.4. The average Bonchev–Trinajstić information content (AvgIpc) is 3.57. The molecule has 0 amide bonds. The van der Waals surface area contributed by atoms with Gasteiger partial charge in [0.2, 0.25) is 0 Å². The van der Waals surface area contributed by atoms with Crippen LogP contribution in [0.4, 0.5) is 0 Å². The second kappa shape index (κ2) is 9.56. The number of Topliss-reactive ketones (excluding diaryl/α,β-unsaturated/α-hetero) is 1. The van der Waals surface area contributed by atoms with E-state index < -0.39 is 0 Å². The molecule has 0 radical (unpaired) electrons. The quantitative estimate of drug-likeness (QED) is 0.591. The lowest BCUT2D eigenvalue weighted by Crippen LogP contribution is -2.44. The fourth-order valence-electron chi connectivity index (χ4n) is 4.40. The van der Waals surface area contributed by atoms with E-state index in [-0.39, 0.29) is 5.92 Å². The zero-order chi connectivity index (χ0) is 20.1. The number of carbonyl (C=O) groups is 1. The standard InChI is InChI=1S/C23H29NO2.C2H6/c1-3-17-10-11-24(14-16-4-5-16)15-22(17)23(25)20-7-6-19-13-21(26-2)9-8-18(19)12-20;1-2/h6-9,12-13,16-17,22H,3-5,10-11,14-15H2,1-2H3;1-2H3. The van der Waals surface area contributed by atoms with Crippen LogP contribution >= 0.6 is 0 Å². The highest BCUT2D eigenvalue weighted by molar-refractivity contribution is 6.01. The lowest BCUT2D eigenvalue weighted by atomic mass is 9.79. The second-order valence-corrected chi connectivity index (χ2v) is 8.06. The molecule has 3 heteroatoms. The van der Waals surface area contributed by atoms with Crippen molar-refractivity contribution in [2.45, 2.75) is 46.5 Å². The van der Waals surface area contributed by atoms with E-state index in [4.69, 9.17) is 4.74 Å². The van der Waals surface area contributed by atoms with Gasteiger partial charge in [-0.3, -0.25) is 4.79 Å². The molecule has 2 aromatic carbocycles. The van der Waals surface area contributed by atoms with Crippen LogP contribution in [0.2, 0.25) is 0 Å². The van der Waals surface area contributed by atoms with Gasteiger partial charge >= 0.3 is 0 Å². The van der Waals surface area contributed by atoms with Gasteiger partial charge in [-0.15, -0.1) is 0 Å². The number of nitrogens with zero attached hydrogens (tertiary/aromatic N) is 1. The number of ketones is 1. The predicted octanol–water partition coefficient (Wildman–Crippen LogP) is 5.82. The molecule has 0 N–H and O–H groups in total. The number of likely N-dealkylation sites (tertiary alicyclic amines) is 1. The number of benzene rings is 2. The zero-order valence-corrected chi connectivity index (χ0v) is 17.9. The van der Waals surface area contributed by atoms with Crippen molar-refractivity contribution in [1.29, 1.82) is 0 Å². The molecule has 152 valence electrons. The first-order chi connectivity index (χ1) is 13.7. The summed E-state index contributed by atoms with van der Waals surface area (Å²) in [5, 5.41) is 2.22. The number of methoxy groups -OCH3 is 1. The molecule has 2 unspecified atom stereocenters. The molecule has 1 heterocycles. The van der Waals surface area contributed by atoms with E-state index in [0.29, 0.717) is 11.7 Å². The molecule has 28 heavy (non-hydrogen) atoms. The predicted molar refractivity (Wildman–Crippen MR) is 117 cm³/mol. The zero-order valence-electron chi connectivity index (χ0n) is 17.9. The Morgan fingerprint density at radius 3 is 2.46 bits per heavy atom. The first-order valence-electron chi connectivity index (χ1n) is 11.0. The summed E-state index contributed by atoms with van der Waals surface area (Å²) in [7, 11) is 1.68. The lowest BCUT2D eigenvalue weighted by molar-refractivity contribution is 0.0678. The monoisotopic (exact) mass is 381 g/mol. The number of fused-ring (bicyclic) bond motifs is 1. The maximum Gasteiger partial charge on any atom is 0.167 e. The van der Waals surface area contributed by atoms with Crippen molar-refractivity contribution in [1.82, 2.24) is 4.90 Å². The smallest absolute Gasteiger partial charge is 0.167 e. The highest BCUT2D eigenvalue weighted by Gasteiger charge is 2.35. The Kier molecular flexibility index (Phi) is 7.12. The highest BCUT2D eigenvalue weighted by Crippen LogP contribution is 2.34. The Hall–Kier alpha value is -1.87. The number of rotatable bonds is 6. The number of ether oxygens (including phenoxy) is 1. The first kappa shape index (κ1) is 20.9. The van der Waals surface area contributed by atoms with Gasteiger partial charge in [0.05, 0.1) is 7.11 Å². The van der Waals surface area contributed by atoms with E-state index in [9.17, 15) is 4.79 Å². The topological polar surface area (TPSA) is 29.5 Å². The molecular weight excluding hydrogens is 346 g/mol. The van der Waals surface area contributed by atoms with E-state index in [2.05, 4.69) is 24.0 Å². The molecule has 3 nitrogen and oxygen atoms in total. The molecular formula is C25H35NO2. The average molecular weight is 382 g/mol. The molecule has 2 atom stereocenters. The van der Waals surface area contributed by atoms with Crippen molar-refractivity contribution < 1.29 is 9.53 Å². The van der Waals surface area contributed by atoms with E-state index >= 15 is 0 Å². The minimum Gasteiger partial charge on any atom is -0.497 e. The SMILES string of the molecule is CC.CCC1CCN(CC2CC2)CC1C(=O)c1ccc2cc(OC)ccc2c1. The molecule has 1 aliphatic carbocycles. The van der Waals surface area contributed by atoms with E-state index in [1.165, 1.54) is 19.4 Å². The fraction of sp³-hybridized carbons (Fsp3) is 0.560. The summed E-state index contributed by atoms with van der Waals surface area (Å²) in [6, 6.07) is 12.1. The van der Waals surface area contributed by atoms with Crippen molar-refractivity contribution in [3.05, 3.63) is 42.0 Å². The molecule has 1 aliphatic heterocycles. The van der Waals surface area contributed by atoms with Crippen LogP contribution in [-0.2, 0) is 0 Å². The number of carbonyl (C=O) groups excluding carboxylic acids is 1. The van der Waals surface area contributed by atoms with Crippen molar-refractivity contribution in [2.24, 2.45) is 17.8 Å². The Balaban J connectivity index is 0.00000109. The second-order valence-electron chi connectivity index (χ2n) is 8.06. The van der Waals surface area contributed by atoms with Crippen LogP contribution in [0.5, 0.6) is 5.75 Å². The number of hydrogen-bond acceptors (Lipinski definition) is 3. The van der Waals surface area contributed by atoms with Crippen LogP contribution in [0.25, 0.3) is 10.8 Å². The summed E-state index contributed by atoms with van der Waals surface area (Å²) in [6.45, 7) is 9.52. The summed E-state index contributed by atoms with van der Waals surface area (Å²) in [4.78, 5) is 15.9. The maximum absolute atomic E-state index is 13.3. The largest absolute Gasteiger partial charge is 0.497 e. The Morgan fingerprint density at radius 1 is 1.07 bits per heavy atom. The molecule has 2 aliphatic rings. The van der Waals surface area contributed by atoms with Crippen molar-refractivity contribution in [3.8, 4) is 5.75 Å². The van der Waals surface area contributed by atoms with Gasteiger partial charge < -0.3 is 9.64 Å². The van der Waals surface area contributed by atoms with Gasteiger partial charge in [0, 0.05) is 24.6 Å². The van der Waals surface area contributed by atoms with Gasteiger partial charge in [-0.05, 0) is 66.6 Å². The van der Waals surface area contributed by atoms with Crippen LogP contribution in [-0.4, -0.2) is 37.4 Å². The summed E-state index contributed by atoms with van der Waals surface area (Å²) in [6.07, 6.45) is 5.00. The third-order valence-electron chi connectivity index (χ3n) is 6.25. The summed E-state index contributed by atoms with van der Waals surface area (Å²) in [5.74, 6) is 2.73. The molecule has 2 aromatic rings. The third-order valence-corrected chi connectivity index (χ3v) is 6.25. The van der Waals surface area contributed by atoms with Gasteiger partial charge in [-0.2, -0.15) is 0 Å². The van der Waals surface area contributed by atoms with Crippen LogP contribution in [0, 0.1) is 17.8 Å². The molecule has 2 fully saturated rings. The molecule has 0 aromatic heterocycles. The van der Waals surface area contributed by atoms with Crippen LogP contribution in [0.3, 0.4) is 0 Å². The van der Waals surface area contributed by atoms with Gasteiger partial charge in [-0.1, -0.05) is 45.4 Å². The fourth-order valence-corrected chi connectivity index (χ4v) is 4.40. The Bertz CT molecular complexity index is 796. The van der Waals surface area contributed by atoms with Gasteiger partial charge in [-0.25, -0.2) is 0 Å². The highest BCUT2D eigenvalue weighted by atomic mass is 16.5. The maximum atomic E-state index is 13.3. The first-order valence-corrected chi connectivity index (χ1v) is 11.0. The number of piperidine rings is 1. The van der Waals surface area contributed by atoms with Gasteiger partial charge in [0.25, 0.3) is 0 Å². The van der Waals surface area contributed by atoms with E-state index in [1.807, 2.05) is 38.1 Å². The summed E-state index contributed by atoms with van der Waals surface area (Å²) in [5.41, 5.74) is 0.861. The number of hydrogen-bond donors (Lipinski definition) is 0. The summed E-state index contributed by atoms with van der Waals surface area (Å²) < 4.78 is 5.30. The molecule has 4 rings (SSSR count). The van der Waals surface area contributed by atoms with E-state index in [0.717, 1.165) is 53.9 Å². The Labute approximate surface area is 170 Å². The molecule has 1 saturated heterocycles. The van der Waals surface area contributed by atoms with Crippen molar-refractivity contribution in [2.75, 3.05) is 26.7 Å². The van der Waals surface area contributed by atoms with Gasteiger partial charge in [0.1, 0.15) is 5.75 Å². The minimum absolute atomic E-state index is 0.142. The minimum atomic E-state index is 0.142. The van der Waals surface area contributed by atoms with Crippen LogP contribution in [0.15, 0.2) is 36.4 Å². The molecule has 0 bridgehead atoms. The van der Waals surface area contributed by atoms with Crippen molar-refractivity contribution >= 4 is 16.6 Å². The molecule has 0 spiro atoms. The van der Waals surface area contributed by atoms with Gasteiger partial charge in [0.15, 0.2) is 5.78 Å². The molecule has 1 saturated carbocycles. The van der Waals surface area contributed by atoms with Crippen LogP contribution in [0.1, 0.15) is 56.8 Å². The Morgan fingerprint density at radius 2 is 1.79 bits per heavy atom. The summed E-state index contributed by atoms with van der Waals surface area (Å²) >= 11 is 0.